The predicted molar refractivity (Wildman–Crippen MR) is 87.3 cm³/mol. The Bertz CT molecular complexity index is 293. The molecule has 0 aliphatic carbocycles. The molecule has 0 N–H and O–H groups in total. The SMILES string of the molecule is CC(=O)OCCC(CCO[Si](C)(C)C(C)(C)C)C(C)C. The summed E-state index contributed by atoms with van der Waals surface area (Å²) in [5, 5.41) is 0.262. The summed E-state index contributed by atoms with van der Waals surface area (Å²) in [6.07, 6.45) is 1.98. The largest absolute Gasteiger partial charge is 0.466 e. The molecular formula is C16H34O3Si. The summed E-state index contributed by atoms with van der Waals surface area (Å²) in [4.78, 5) is 10.8. The Morgan fingerprint density at radius 2 is 1.60 bits per heavy atom. The smallest absolute Gasteiger partial charge is 0.302 e. The summed E-state index contributed by atoms with van der Waals surface area (Å²) in [7, 11) is -1.64. The van der Waals surface area contributed by atoms with Gasteiger partial charge in [-0.25, -0.2) is 0 Å². The van der Waals surface area contributed by atoms with Crippen LogP contribution in [0.1, 0.15) is 54.4 Å². The molecule has 1 atom stereocenters. The minimum Gasteiger partial charge on any atom is -0.466 e. The van der Waals surface area contributed by atoms with Crippen molar-refractivity contribution in [2.45, 2.75) is 72.5 Å². The number of carbonyl (C=O) groups excluding carboxylic acids is 1. The monoisotopic (exact) mass is 302 g/mol. The van der Waals surface area contributed by atoms with Crippen molar-refractivity contribution in [2.75, 3.05) is 13.2 Å². The van der Waals surface area contributed by atoms with Gasteiger partial charge in [-0.1, -0.05) is 34.6 Å². The van der Waals surface area contributed by atoms with Crippen LogP contribution in [0.15, 0.2) is 0 Å². The molecule has 120 valence electrons. The fourth-order valence-corrected chi connectivity index (χ4v) is 2.91. The Morgan fingerprint density at radius 3 is 2.00 bits per heavy atom. The van der Waals surface area contributed by atoms with Crippen molar-refractivity contribution in [1.82, 2.24) is 0 Å². The minimum atomic E-state index is -1.64. The fourth-order valence-electron chi connectivity index (χ4n) is 1.85. The highest BCUT2D eigenvalue weighted by Crippen LogP contribution is 2.36. The topological polar surface area (TPSA) is 35.5 Å². The molecule has 4 heteroatoms. The van der Waals surface area contributed by atoms with E-state index >= 15 is 0 Å². The molecule has 0 saturated carbocycles. The second kappa shape index (κ2) is 8.18. The Balaban J connectivity index is 4.19. The van der Waals surface area contributed by atoms with Gasteiger partial charge in [0.05, 0.1) is 6.61 Å². The van der Waals surface area contributed by atoms with Gasteiger partial charge in [0, 0.05) is 13.5 Å². The number of rotatable bonds is 8. The van der Waals surface area contributed by atoms with Crippen molar-refractivity contribution in [3.8, 4) is 0 Å². The molecule has 0 fully saturated rings. The first-order valence-corrected chi connectivity index (χ1v) is 10.7. The lowest BCUT2D eigenvalue weighted by molar-refractivity contribution is -0.141. The summed E-state index contributed by atoms with van der Waals surface area (Å²) in [6, 6.07) is 0. The van der Waals surface area contributed by atoms with Crippen LogP contribution in [0.3, 0.4) is 0 Å². The van der Waals surface area contributed by atoms with Crippen molar-refractivity contribution in [3.63, 3.8) is 0 Å². The van der Waals surface area contributed by atoms with Gasteiger partial charge in [0.1, 0.15) is 0 Å². The van der Waals surface area contributed by atoms with Crippen LogP contribution in [-0.2, 0) is 14.0 Å². The van der Waals surface area contributed by atoms with Crippen LogP contribution in [-0.4, -0.2) is 27.5 Å². The van der Waals surface area contributed by atoms with Crippen LogP contribution in [0.4, 0.5) is 0 Å². The van der Waals surface area contributed by atoms with E-state index in [1.165, 1.54) is 6.92 Å². The first-order chi connectivity index (χ1) is 8.97. The van der Waals surface area contributed by atoms with E-state index in [1.807, 2.05) is 0 Å². The molecule has 0 saturated heterocycles. The van der Waals surface area contributed by atoms with Crippen molar-refractivity contribution in [3.05, 3.63) is 0 Å². The molecule has 20 heavy (non-hydrogen) atoms. The van der Waals surface area contributed by atoms with Crippen molar-refractivity contribution < 1.29 is 14.0 Å². The summed E-state index contributed by atoms with van der Waals surface area (Å²) in [5.74, 6) is 0.956. The number of ether oxygens (including phenoxy) is 1. The highest BCUT2D eigenvalue weighted by molar-refractivity contribution is 6.74. The van der Waals surface area contributed by atoms with Crippen LogP contribution in [0.25, 0.3) is 0 Å². The van der Waals surface area contributed by atoms with Gasteiger partial charge in [-0.15, -0.1) is 0 Å². The quantitative estimate of drug-likeness (QED) is 0.484. The molecule has 0 spiro atoms. The first kappa shape index (κ1) is 19.6. The van der Waals surface area contributed by atoms with E-state index in [0.29, 0.717) is 18.4 Å². The highest BCUT2D eigenvalue weighted by Gasteiger charge is 2.37. The Kier molecular flexibility index (Phi) is 8.03. The summed E-state index contributed by atoms with van der Waals surface area (Å²) in [6.45, 7) is 18.6. The van der Waals surface area contributed by atoms with E-state index < -0.39 is 8.32 Å². The van der Waals surface area contributed by atoms with Gasteiger partial charge in [0.15, 0.2) is 8.32 Å². The Morgan fingerprint density at radius 1 is 1.10 bits per heavy atom. The molecule has 0 amide bonds. The van der Waals surface area contributed by atoms with Crippen LogP contribution < -0.4 is 0 Å². The Labute approximate surface area is 126 Å². The summed E-state index contributed by atoms with van der Waals surface area (Å²) >= 11 is 0. The number of carbonyl (C=O) groups is 1. The standard InChI is InChI=1S/C16H34O3Si/c1-13(2)15(9-11-18-14(3)17)10-12-19-20(7,8)16(4,5)6/h13,15H,9-12H2,1-8H3. The molecule has 0 aliphatic heterocycles. The zero-order chi connectivity index (χ0) is 16.0. The van der Waals surface area contributed by atoms with Gasteiger partial charge >= 0.3 is 5.97 Å². The highest BCUT2D eigenvalue weighted by atomic mass is 28.4. The zero-order valence-electron chi connectivity index (χ0n) is 14.7. The van der Waals surface area contributed by atoms with Crippen molar-refractivity contribution in [1.29, 1.82) is 0 Å². The molecule has 3 nitrogen and oxygen atoms in total. The molecule has 0 aromatic carbocycles. The maximum Gasteiger partial charge on any atom is 0.302 e. The lowest BCUT2D eigenvalue weighted by atomic mass is 9.90. The number of hydrogen-bond acceptors (Lipinski definition) is 3. The van der Waals surface area contributed by atoms with Crippen LogP contribution in [0.5, 0.6) is 0 Å². The van der Waals surface area contributed by atoms with Crippen LogP contribution in [0.2, 0.25) is 18.1 Å². The predicted octanol–water partition coefficient (Wildman–Crippen LogP) is 4.62. The van der Waals surface area contributed by atoms with E-state index in [0.717, 1.165) is 19.4 Å². The number of esters is 1. The van der Waals surface area contributed by atoms with Gasteiger partial charge in [0.2, 0.25) is 0 Å². The van der Waals surface area contributed by atoms with E-state index in [2.05, 4.69) is 47.7 Å². The number of hydrogen-bond donors (Lipinski definition) is 0. The van der Waals surface area contributed by atoms with Gasteiger partial charge in [-0.3, -0.25) is 4.79 Å². The third-order valence-electron chi connectivity index (χ3n) is 4.49. The average Bonchev–Trinajstić information content (AvgIpc) is 2.24. The van der Waals surface area contributed by atoms with E-state index in [1.54, 1.807) is 0 Å². The molecule has 0 bridgehead atoms. The molecular weight excluding hydrogens is 268 g/mol. The van der Waals surface area contributed by atoms with E-state index in [9.17, 15) is 4.79 Å². The molecule has 1 unspecified atom stereocenters. The maximum absolute atomic E-state index is 10.8. The average molecular weight is 303 g/mol. The fraction of sp³-hybridized carbons (Fsp3) is 0.938. The van der Waals surface area contributed by atoms with Crippen molar-refractivity contribution in [2.24, 2.45) is 11.8 Å². The van der Waals surface area contributed by atoms with Crippen LogP contribution >= 0.6 is 0 Å². The first-order valence-electron chi connectivity index (χ1n) is 7.74. The molecule has 0 rings (SSSR count). The molecule has 0 radical (unpaired) electrons. The third-order valence-corrected chi connectivity index (χ3v) is 9.03. The second-order valence-corrected chi connectivity index (χ2v) is 12.3. The minimum absolute atomic E-state index is 0.190. The van der Waals surface area contributed by atoms with E-state index in [4.69, 9.17) is 9.16 Å². The van der Waals surface area contributed by atoms with Gasteiger partial charge in [-0.05, 0) is 42.8 Å². The molecule has 0 aromatic rings. The summed E-state index contributed by atoms with van der Waals surface area (Å²) in [5.41, 5.74) is 0. The lowest BCUT2D eigenvalue weighted by Crippen LogP contribution is -2.41. The van der Waals surface area contributed by atoms with E-state index in [-0.39, 0.29) is 11.0 Å². The van der Waals surface area contributed by atoms with Crippen LogP contribution in [0, 0.1) is 11.8 Å². The van der Waals surface area contributed by atoms with Gasteiger partial charge in [-0.2, -0.15) is 0 Å². The second-order valence-electron chi connectivity index (χ2n) is 7.53. The lowest BCUT2D eigenvalue weighted by Gasteiger charge is -2.36. The summed E-state index contributed by atoms with van der Waals surface area (Å²) < 4.78 is 11.3. The molecule has 0 aromatic heterocycles. The Hall–Kier alpha value is -0.353. The molecule has 0 aliphatic rings. The van der Waals surface area contributed by atoms with Gasteiger partial charge < -0.3 is 9.16 Å². The third kappa shape index (κ3) is 7.43. The maximum atomic E-state index is 10.8. The normalized spacial score (nSPS) is 14.4. The zero-order valence-corrected chi connectivity index (χ0v) is 15.7. The van der Waals surface area contributed by atoms with Gasteiger partial charge in [0.25, 0.3) is 0 Å². The van der Waals surface area contributed by atoms with Crippen molar-refractivity contribution >= 4 is 14.3 Å². The molecule has 0 heterocycles.